The largest absolute Gasteiger partial charge is 0.455 e. The number of nitrogens with zero attached hydrogens (tertiary/aromatic N) is 4. The zero-order valence-electron chi connectivity index (χ0n) is 15.7. The highest BCUT2D eigenvalue weighted by molar-refractivity contribution is 7.13. The number of benzene rings is 2. The van der Waals surface area contributed by atoms with E-state index in [4.69, 9.17) is 20.8 Å². The second-order valence-corrected chi connectivity index (χ2v) is 7.59. The van der Waals surface area contributed by atoms with E-state index in [1.54, 1.807) is 17.5 Å². The molecule has 9 nitrogen and oxygen atoms in total. The van der Waals surface area contributed by atoms with E-state index < -0.39 is 10.9 Å². The summed E-state index contributed by atoms with van der Waals surface area (Å²) in [5, 5.41) is 21.6. The third-order valence-electron chi connectivity index (χ3n) is 4.10. The summed E-state index contributed by atoms with van der Waals surface area (Å²) in [6.45, 7) is -0.190. The van der Waals surface area contributed by atoms with E-state index in [2.05, 4.69) is 15.2 Å². The van der Waals surface area contributed by atoms with Crippen LogP contribution in [0.3, 0.4) is 0 Å². The van der Waals surface area contributed by atoms with Crippen LogP contribution < -0.4 is 0 Å². The van der Waals surface area contributed by atoms with Gasteiger partial charge in [-0.05, 0) is 24.3 Å². The fourth-order valence-electron chi connectivity index (χ4n) is 2.64. The molecule has 0 aliphatic rings. The summed E-state index contributed by atoms with van der Waals surface area (Å²) in [5.74, 6) is -0.204. The number of carbonyl (C=O) groups is 1. The number of non-ortho nitro benzene ring substituents is 1. The fraction of sp³-hybridized carbons (Fsp3) is 0.100. The smallest absolute Gasteiger partial charge is 0.312 e. The minimum Gasteiger partial charge on any atom is -0.455 e. The molecule has 2 aromatic heterocycles. The molecule has 0 aliphatic heterocycles. The number of halogens is 1. The van der Waals surface area contributed by atoms with Crippen LogP contribution >= 0.6 is 22.9 Å². The number of aromatic nitrogens is 3. The molecule has 31 heavy (non-hydrogen) atoms. The van der Waals surface area contributed by atoms with Gasteiger partial charge in [-0.25, -0.2) is 4.98 Å². The number of ether oxygens (including phenoxy) is 1. The van der Waals surface area contributed by atoms with Crippen molar-refractivity contribution in [3.63, 3.8) is 0 Å². The van der Waals surface area contributed by atoms with E-state index in [-0.39, 0.29) is 30.5 Å². The maximum Gasteiger partial charge on any atom is 0.312 e. The standard InChI is InChI=1S/C20H13ClN4O5S/c21-14-3-1-2-13(8-14)20-22-15(11-31-20)9-18(26)29-10-17-23-24-19(30-17)12-4-6-16(7-5-12)25(27)28/h1-8,11H,9-10H2. The lowest BCUT2D eigenvalue weighted by atomic mass is 10.2. The third-order valence-corrected chi connectivity index (χ3v) is 5.27. The van der Waals surface area contributed by atoms with Gasteiger partial charge in [-0.2, -0.15) is 0 Å². The van der Waals surface area contributed by atoms with Crippen molar-refractivity contribution in [1.82, 2.24) is 15.2 Å². The van der Waals surface area contributed by atoms with Gasteiger partial charge in [-0.1, -0.05) is 23.7 Å². The Morgan fingerprint density at radius 1 is 1.16 bits per heavy atom. The van der Waals surface area contributed by atoms with Crippen molar-refractivity contribution in [2.24, 2.45) is 0 Å². The van der Waals surface area contributed by atoms with Crippen molar-refractivity contribution in [3.05, 3.63) is 80.6 Å². The Labute approximate surface area is 184 Å². The van der Waals surface area contributed by atoms with Gasteiger partial charge >= 0.3 is 5.97 Å². The van der Waals surface area contributed by atoms with Gasteiger partial charge in [0.05, 0.1) is 17.0 Å². The van der Waals surface area contributed by atoms with Crippen LogP contribution in [0.2, 0.25) is 5.02 Å². The Balaban J connectivity index is 1.33. The van der Waals surface area contributed by atoms with Gasteiger partial charge in [0.1, 0.15) is 5.01 Å². The first-order valence-electron chi connectivity index (χ1n) is 8.91. The molecule has 0 amide bonds. The molecule has 2 heterocycles. The van der Waals surface area contributed by atoms with Gasteiger partial charge in [-0.3, -0.25) is 14.9 Å². The van der Waals surface area contributed by atoms with Gasteiger partial charge in [0.2, 0.25) is 5.89 Å². The van der Waals surface area contributed by atoms with Crippen LogP contribution in [0.25, 0.3) is 22.0 Å². The molecular weight excluding hydrogens is 444 g/mol. The summed E-state index contributed by atoms with van der Waals surface area (Å²) in [5.41, 5.74) is 1.94. The molecule has 0 saturated carbocycles. The van der Waals surface area contributed by atoms with E-state index in [0.29, 0.717) is 16.3 Å². The Hall–Kier alpha value is -3.63. The molecule has 0 spiro atoms. The summed E-state index contributed by atoms with van der Waals surface area (Å²) in [4.78, 5) is 26.8. The molecule has 0 unspecified atom stereocenters. The minimum atomic E-state index is -0.497. The zero-order valence-corrected chi connectivity index (χ0v) is 17.3. The quantitative estimate of drug-likeness (QED) is 0.222. The summed E-state index contributed by atoms with van der Waals surface area (Å²) in [6, 6.07) is 13.0. The molecule has 0 atom stereocenters. The van der Waals surface area contributed by atoms with Gasteiger partial charge in [0.15, 0.2) is 6.61 Å². The maximum atomic E-state index is 12.1. The van der Waals surface area contributed by atoms with Crippen molar-refractivity contribution >= 4 is 34.6 Å². The molecule has 4 rings (SSSR count). The number of carbonyl (C=O) groups excluding carboxylic acids is 1. The number of thiazole rings is 1. The number of nitro benzene ring substituents is 1. The maximum absolute atomic E-state index is 12.1. The van der Waals surface area contributed by atoms with E-state index in [1.807, 2.05) is 12.1 Å². The summed E-state index contributed by atoms with van der Waals surface area (Å²) in [7, 11) is 0. The van der Waals surface area contributed by atoms with Crippen LogP contribution in [0.5, 0.6) is 0 Å². The van der Waals surface area contributed by atoms with E-state index in [0.717, 1.165) is 10.6 Å². The van der Waals surface area contributed by atoms with Crippen molar-refractivity contribution in [2.45, 2.75) is 13.0 Å². The van der Waals surface area contributed by atoms with E-state index in [1.165, 1.54) is 35.6 Å². The zero-order chi connectivity index (χ0) is 21.8. The lowest BCUT2D eigenvalue weighted by Crippen LogP contribution is -2.08. The Morgan fingerprint density at radius 3 is 2.71 bits per heavy atom. The highest BCUT2D eigenvalue weighted by atomic mass is 35.5. The van der Waals surface area contributed by atoms with Crippen LogP contribution in [-0.4, -0.2) is 26.1 Å². The second kappa shape index (κ2) is 9.02. The Bertz CT molecular complexity index is 1240. The van der Waals surface area contributed by atoms with Crippen LogP contribution in [-0.2, 0) is 22.6 Å². The molecule has 11 heteroatoms. The van der Waals surface area contributed by atoms with E-state index >= 15 is 0 Å². The normalized spacial score (nSPS) is 10.7. The van der Waals surface area contributed by atoms with Crippen molar-refractivity contribution in [3.8, 4) is 22.0 Å². The average molecular weight is 457 g/mol. The van der Waals surface area contributed by atoms with Gasteiger partial charge in [-0.15, -0.1) is 21.5 Å². The molecule has 0 N–H and O–H groups in total. The van der Waals surface area contributed by atoms with Crippen LogP contribution in [0, 0.1) is 10.1 Å². The van der Waals surface area contributed by atoms with Crippen LogP contribution in [0.1, 0.15) is 11.6 Å². The minimum absolute atomic E-state index is 0.000409. The number of nitro groups is 1. The molecule has 0 fully saturated rings. The first-order chi connectivity index (χ1) is 15.0. The highest BCUT2D eigenvalue weighted by Gasteiger charge is 2.14. The Morgan fingerprint density at radius 2 is 1.97 bits per heavy atom. The third kappa shape index (κ3) is 5.11. The topological polar surface area (TPSA) is 121 Å². The van der Waals surface area contributed by atoms with E-state index in [9.17, 15) is 14.9 Å². The molecule has 0 aliphatic carbocycles. The number of hydrogen-bond donors (Lipinski definition) is 0. The monoisotopic (exact) mass is 456 g/mol. The number of rotatable bonds is 7. The summed E-state index contributed by atoms with van der Waals surface area (Å²) in [6.07, 6.45) is 0.000409. The first kappa shape index (κ1) is 20.6. The fourth-order valence-corrected chi connectivity index (χ4v) is 3.64. The van der Waals surface area contributed by atoms with Crippen molar-refractivity contribution in [1.29, 1.82) is 0 Å². The lowest BCUT2D eigenvalue weighted by Gasteiger charge is -2.00. The van der Waals surface area contributed by atoms with Gasteiger partial charge in [0, 0.05) is 33.7 Å². The predicted octanol–water partition coefficient (Wildman–Crippen LogP) is 4.71. The molecule has 4 aromatic rings. The molecule has 2 aromatic carbocycles. The van der Waals surface area contributed by atoms with Crippen LogP contribution in [0.4, 0.5) is 5.69 Å². The molecular formula is C20H13ClN4O5S. The number of hydrogen-bond acceptors (Lipinski definition) is 9. The van der Waals surface area contributed by atoms with Gasteiger partial charge in [0.25, 0.3) is 11.6 Å². The predicted molar refractivity (Wildman–Crippen MR) is 112 cm³/mol. The highest BCUT2D eigenvalue weighted by Crippen LogP contribution is 2.26. The average Bonchev–Trinajstić information content (AvgIpc) is 3.42. The lowest BCUT2D eigenvalue weighted by molar-refractivity contribution is -0.384. The van der Waals surface area contributed by atoms with Crippen molar-refractivity contribution in [2.75, 3.05) is 0 Å². The number of esters is 1. The first-order valence-corrected chi connectivity index (χ1v) is 10.2. The molecule has 156 valence electrons. The SMILES string of the molecule is O=C(Cc1csc(-c2cccc(Cl)c2)n1)OCc1nnc(-c2ccc([N+](=O)[O-])cc2)o1. The van der Waals surface area contributed by atoms with Gasteiger partial charge < -0.3 is 9.15 Å². The van der Waals surface area contributed by atoms with Crippen LogP contribution in [0.15, 0.2) is 58.3 Å². The molecule has 0 radical (unpaired) electrons. The second-order valence-electron chi connectivity index (χ2n) is 6.30. The Kier molecular flexibility index (Phi) is 6.01. The summed E-state index contributed by atoms with van der Waals surface area (Å²) < 4.78 is 10.6. The summed E-state index contributed by atoms with van der Waals surface area (Å²) >= 11 is 7.41. The molecule has 0 saturated heterocycles. The van der Waals surface area contributed by atoms with Crippen molar-refractivity contribution < 1.29 is 18.9 Å². The molecule has 0 bridgehead atoms.